The van der Waals surface area contributed by atoms with Gasteiger partial charge in [0.1, 0.15) is 52.3 Å². The average Bonchev–Trinajstić information content (AvgIpc) is 1.57. The summed E-state index contributed by atoms with van der Waals surface area (Å²) >= 11 is 17.2. The highest BCUT2D eigenvalue weighted by Crippen LogP contribution is 2.43. The van der Waals surface area contributed by atoms with Crippen LogP contribution in [0, 0.1) is 41.5 Å². The third-order valence-electron chi connectivity index (χ3n) is 20.7. The Labute approximate surface area is 793 Å². The lowest BCUT2D eigenvalue weighted by atomic mass is 10.00. The van der Waals surface area contributed by atoms with Crippen LogP contribution in [0.3, 0.4) is 0 Å². The van der Waals surface area contributed by atoms with E-state index in [2.05, 4.69) is 63.7 Å². The van der Waals surface area contributed by atoms with Gasteiger partial charge in [-0.1, -0.05) is 56.4 Å². The molecule has 0 atom stereocenters. The maximum Gasteiger partial charge on any atom is 0.417 e. The number of rotatable bonds is 22. The van der Waals surface area contributed by atoms with Crippen LogP contribution in [0.1, 0.15) is 120 Å². The Morgan fingerprint density at radius 2 is 0.734 bits per heavy atom. The van der Waals surface area contributed by atoms with E-state index in [1.807, 2.05) is 0 Å². The Kier molecular flexibility index (Phi) is 28.5. The van der Waals surface area contributed by atoms with E-state index in [1.165, 1.54) is 102 Å². The molecule has 0 saturated heterocycles. The Bertz CT molecular complexity index is 7930. The number of aromatic nitrogens is 11. The summed E-state index contributed by atoms with van der Waals surface area (Å²) in [5.74, 6) is -2.28. The van der Waals surface area contributed by atoms with Gasteiger partial charge >= 0.3 is 36.0 Å². The third kappa shape index (κ3) is 21.8. The number of nitrogens with zero attached hydrogens (tertiary/aromatic N) is 7. The van der Waals surface area contributed by atoms with Crippen LogP contribution in [0.5, 0.6) is 11.5 Å². The highest BCUT2D eigenvalue weighted by molar-refractivity contribution is 7.93. The number of nitrogens with one attached hydrogen (secondary N) is 8. The number of aryl methyl sites for hydroxylation is 6. The fourth-order valence-corrected chi connectivity index (χ4v) is 19.1. The number of hydrogen-bond acceptors (Lipinski definition) is 21. The lowest BCUT2D eigenvalue weighted by Gasteiger charge is -2.15. The van der Waals surface area contributed by atoms with Gasteiger partial charge in [-0.3, -0.25) is 53.0 Å². The largest absolute Gasteiger partial charge is 0.496 e. The number of alkyl halides is 12. The predicted octanol–water partition coefficient (Wildman–Crippen LogP) is 18.7. The first-order valence-corrected chi connectivity index (χ1v) is 46.6. The summed E-state index contributed by atoms with van der Waals surface area (Å²) in [7, 11) is -15.4. The summed E-state index contributed by atoms with van der Waals surface area (Å²) < 4.78 is 284. The number of methoxy groups -OCH3 is 2. The second-order valence-corrected chi connectivity index (χ2v) is 38.3. The van der Waals surface area contributed by atoms with E-state index in [0.717, 1.165) is 70.3 Å². The van der Waals surface area contributed by atoms with Crippen molar-refractivity contribution in [3.8, 4) is 11.5 Å². The summed E-state index contributed by atoms with van der Waals surface area (Å²) in [6, 6.07) is 25.8. The zero-order valence-corrected chi connectivity index (χ0v) is 77.7. The molecule has 139 heavy (non-hydrogen) atoms. The number of ketones is 4. The van der Waals surface area contributed by atoms with E-state index in [4.69, 9.17) is 44.3 Å². The molecule has 10 N–H and O–H groups in total. The molecule has 0 aliphatic heterocycles. The number of pyridine rings is 7. The molecule has 722 valence electrons. The summed E-state index contributed by atoms with van der Waals surface area (Å²) in [6.45, 7) is 8.87. The zero-order chi connectivity index (χ0) is 102. The smallest absolute Gasteiger partial charge is 0.417 e. The lowest BCUT2D eigenvalue weighted by molar-refractivity contribution is -0.886. The maximum atomic E-state index is 13.6. The fourth-order valence-electron chi connectivity index (χ4n) is 14.2. The van der Waals surface area contributed by atoms with E-state index < -0.39 is 140 Å². The average molecular weight is 2070 g/mol. The number of benzene rings is 5. The molecule has 16 aromatic rings. The van der Waals surface area contributed by atoms with Crippen LogP contribution in [0.4, 0.5) is 75.4 Å². The van der Waals surface area contributed by atoms with Crippen molar-refractivity contribution in [1.82, 2.24) is 44.9 Å². The molecule has 11 aromatic heterocycles. The van der Waals surface area contributed by atoms with Crippen molar-refractivity contribution in [2.45, 2.75) is 85.8 Å². The molecule has 0 spiro atoms. The van der Waals surface area contributed by atoms with E-state index in [-0.39, 0.29) is 107 Å². The highest BCUT2D eigenvalue weighted by Gasteiger charge is 2.41. The van der Waals surface area contributed by atoms with Crippen molar-refractivity contribution in [3.63, 3.8) is 0 Å². The minimum atomic E-state index is -4.87. The number of hydrogen-bond donors (Lipinski definition) is 10. The SMILES string of the molecule is COc1ccc2[nH]ccc2c1C(=O)c1ncc(C)cc1NS(=O)(=O)c1ccc(Cl)c(C(F)(F)F)c1.COc1cnc2[nH]ccc2c1C(=O)c1ncc(C)cc1NS(=O)(=O)c1ccc(C)c(C(F)(F)F)c1.Cc1ccc(S(=O)(=O)Nc2cc(Cl)cnc2C(=O)c2c(C)c[n+](O)c3[nH]ccc23)cc1C(F)(F)F.Cc1cnc(C(=O)c2cc[n+](O)c3[nH]ccc23)c(NS(=O)(=O)c2ccc(Cl)c(C(F)(F)F)c2)c1. The van der Waals surface area contributed by atoms with Crippen LogP contribution in [0.2, 0.25) is 15.1 Å². The second-order valence-electron chi connectivity index (χ2n) is 30.4. The Morgan fingerprint density at radius 1 is 0.367 bits per heavy atom. The molecule has 0 aliphatic carbocycles. The predicted molar refractivity (Wildman–Crippen MR) is 482 cm³/mol. The van der Waals surface area contributed by atoms with Crippen LogP contribution in [0.15, 0.2) is 227 Å². The first-order chi connectivity index (χ1) is 65.0. The van der Waals surface area contributed by atoms with Crippen LogP contribution in [0.25, 0.3) is 44.0 Å². The van der Waals surface area contributed by atoms with Crippen molar-refractivity contribution >= 4 is 165 Å². The van der Waals surface area contributed by atoms with Crippen molar-refractivity contribution in [3.05, 3.63) is 323 Å². The summed E-state index contributed by atoms with van der Waals surface area (Å²) in [5, 5.41) is 20.3. The van der Waals surface area contributed by atoms with Gasteiger partial charge in [-0.15, -0.1) is 0 Å². The molecule has 0 fully saturated rings. The van der Waals surface area contributed by atoms with Crippen molar-refractivity contribution in [2.24, 2.45) is 0 Å². The molecular weight excluding hydrogens is 2000 g/mol. The third-order valence-corrected chi connectivity index (χ3v) is 27.0. The molecule has 16 rings (SSSR count). The van der Waals surface area contributed by atoms with Gasteiger partial charge in [-0.25, -0.2) is 53.6 Å². The molecule has 0 unspecified atom stereocenters. The Balaban J connectivity index is 0.000000156. The summed E-state index contributed by atoms with van der Waals surface area (Å²) in [5.41, 5.74) is -3.23. The van der Waals surface area contributed by atoms with Gasteiger partial charge in [-0.05, 0) is 197 Å². The molecule has 11 heterocycles. The molecule has 50 heteroatoms. The molecule has 5 aromatic carbocycles. The van der Waals surface area contributed by atoms with Crippen LogP contribution < -0.4 is 37.8 Å². The van der Waals surface area contributed by atoms with Gasteiger partial charge in [0.25, 0.3) is 40.1 Å². The van der Waals surface area contributed by atoms with Crippen LogP contribution in [-0.2, 0) is 64.8 Å². The van der Waals surface area contributed by atoms with E-state index >= 15 is 0 Å². The minimum Gasteiger partial charge on any atom is -0.496 e. The van der Waals surface area contributed by atoms with Crippen molar-refractivity contribution < 1.29 is 135 Å². The molecule has 0 bridgehead atoms. The van der Waals surface area contributed by atoms with Gasteiger partial charge in [0.05, 0.1) is 134 Å². The van der Waals surface area contributed by atoms with E-state index in [0.29, 0.717) is 79.2 Å². The van der Waals surface area contributed by atoms with E-state index in [9.17, 15) is 116 Å². The van der Waals surface area contributed by atoms with Crippen LogP contribution in [-0.4, -0.2) is 126 Å². The lowest BCUT2D eigenvalue weighted by Crippen LogP contribution is -2.32. The normalized spacial score (nSPS) is 12.1. The number of carbonyl (C=O) groups excluding carboxylic acids is 4. The molecule has 0 amide bonds. The Hall–Kier alpha value is -14.8. The quantitative estimate of drug-likeness (QED) is 0.0130. The maximum absolute atomic E-state index is 13.6. The molecule has 0 aliphatic rings. The number of anilines is 4. The number of sulfonamides is 4. The summed E-state index contributed by atoms with van der Waals surface area (Å²) in [6.07, 6.45) is -3.93. The first-order valence-electron chi connectivity index (χ1n) is 39.5. The number of ether oxygens (including phenoxy) is 2. The van der Waals surface area contributed by atoms with Gasteiger partial charge in [-0.2, -0.15) is 52.7 Å². The van der Waals surface area contributed by atoms with Crippen molar-refractivity contribution in [1.29, 1.82) is 0 Å². The zero-order valence-electron chi connectivity index (χ0n) is 72.2. The standard InChI is InChI=1S/C23H17ClF3N3O4S.C23H19F3N4O4S.C22H16ClF3N4O4S.C21H14ClF3N4O4S/c1-12-9-18(30-35(32,33)13-3-4-16(24)15(10-13)23(25,26)27)21(29-11-12)22(31)20-14-7-8-28-17(14)5-6-19(20)34-2;1-12-8-17(30-35(32,33)14-5-4-13(2)16(9-14)23(24,25)26)20(28-10-12)21(31)19-15-6-7-27-22(15)29-11-18(19)34-3;1-11-3-4-14(8-16(11)22(24,25)26)35(33,34)29-17-7-13(23)9-28-19(17)20(31)18-12(2)10-30(32)21-15(18)5-6-27-21;1-11-8-17(28-34(32,33)12-2-3-16(22)15(9-12)21(23,24)25)18(27-10-11)19(30)13-5-7-29(31)20-14(13)4-6-26-20/h3-11,28,30H,1-2H3;4-11,30H,1-3H3,(H,27,29);3-10,32H,1-2H3,(H,29,31);2-10,31H,1H3,(H,28,30)/p+2. The number of H-pyrrole nitrogens is 4. The number of halogens is 15. The van der Waals surface area contributed by atoms with Crippen LogP contribution >= 0.6 is 34.8 Å². The molecule has 31 nitrogen and oxygen atoms in total. The molecule has 0 radical (unpaired) electrons. The van der Waals surface area contributed by atoms with E-state index in [1.54, 1.807) is 76.5 Å². The summed E-state index contributed by atoms with van der Waals surface area (Å²) in [4.78, 5) is 83.1. The number of carbonyl (C=O) groups is 4. The number of aromatic amines is 4. The Morgan fingerprint density at radius 3 is 1.18 bits per heavy atom. The number of fused-ring (bicyclic) bond motifs is 4. The van der Waals surface area contributed by atoms with Gasteiger partial charge in [0.15, 0.2) is 0 Å². The van der Waals surface area contributed by atoms with Gasteiger partial charge in [0.2, 0.25) is 23.1 Å². The monoisotopic (exact) mass is 2060 g/mol. The fraction of sp³-hybridized carbons (Fsp3) is 0.135. The van der Waals surface area contributed by atoms with Gasteiger partial charge < -0.3 is 29.9 Å². The van der Waals surface area contributed by atoms with Crippen molar-refractivity contribution in [2.75, 3.05) is 33.1 Å². The minimum absolute atomic E-state index is 0.0103. The second kappa shape index (κ2) is 39.0. The molecule has 0 saturated carbocycles. The molecular formula is C89H68Cl3F12N15O16S4+2. The highest BCUT2D eigenvalue weighted by atomic mass is 35.5. The van der Waals surface area contributed by atoms with Gasteiger partial charge in [0, 0.05) is 70.2 Å². The first kappa shape index (κ1) is 102. The topological polar surface area (TPSA) is 447 Å².